The van der Waals surface area contributed by atoms with E-state index in [0.29, 0.717) is 5.92 Å². The van der Waals surface area contributed by atoms with Crippen molar-refractivity contribution in [2.24, 2.45) is 0 Å². The maximum absolute atomic E-state index is 4.59. The second-order valence-electron chi connectivity index (χ2n) is 5.03. The van der Waals surface area contributed by atoms with Crippen molar-refractivity contribution in [2.45, 2.75) is 19.8 Å². The first-order valence-corrected chi connectivity index (χ1v) is 8.16. The van der Waals surface area contributed by atoms with Gasteiger partial charge in [0.25, 0.3) is 0 Å². The van der Waals surface area contributed by atoms with Gasteiger partial charge < -0.3 is 5.32 Å². The van der Waals surface area contributed by atoms with Gasteiger partial charge in [-0.15, -0.1) is 0 Å². The molecule has 0 amide bonds. The van der Waals surface area contributed by atoms with Crippen LogP contribution in [0.4, 0.5) is 10.8 Å². The highest BCUT2D eigenvalue weighted by atomic mass is 79.9. The Hall–Kier alpha value is -1.39. The van der Waals surface area contributed by atoms with E-state index in [0.717, 1.165) is 20.8 Å². The highest BCUT2D eigenvalue weighted by Crippen LogP contribution is 2.30. The molecular formula is C16H15BrN2S. The number of hydrogen-bond acceptors (Lipinski definition) is 3. The van der Waals surface area contributed by atoms with Crippen LogP contribution in [0.5, 0.6) is 0 Å². The molecule has 0 aliphatic carbocycles. The number of nitrogens with one attached hydrogen (secondary N) is 1. The van der Waals surface area contributed by atoms with E-state index in [2.05, 4.69) is 70.4 Å². The van der Waals surface area contributed by atoms with Crippen molar-refractivity contribution in [3.63, 3.8) is 0 Å². The van der Waals surface area contributed by atoms with Gasteiger partial charge in [0, 0.05) is 10.2 Å². The molecule has 3 rings (SSSR count). The van der Waals surface area contributed by atoms with Crippen molar-refractivity contribution in [3.8, 4) is 0 Å². The van der Waals surface area contributed by atoms with E-state index in [-0.39, 0.29) is 0 Å². The van der Waals surface area contributed by atoms with Gasteiger partial charge in [0.2, 0.25) is 0 Å². The van der Waals surface area contributed by atoms with E-state index in [9.17, 15) is 0 Å². The van der Waals surface area contributed by atoms with Crippen LogP contribution >= 0.6 is 27.3 Å². The lowest BCUT2D eigenvalue weighted by Crippen LogP contribution is -1.91. The summed E-state index contributed by atoms with van der Waals surface area (Å²) in [5.41, 5.74) is 3.45. The smallest absolute Gasteiger partial charge is 0.188 e. The minimum atomic E-state index is 0.559. The van der Waals surface area contributed by atoms with E-state index < -0.39 is 0 Å². The number of hydrogen-bond donors (Lipinski definition) is 1. The maximum Gasteiger partial charge on any atom is 0.188 e. The molecule has 0 fully saturated rings. The average molecular weight is 347 g/mol. The molecule has 0 aliphatic heterocycles. The first-order valence-electron chi connectivity index (χ1n) is 6.55. The maximum atomic E-state index is 4.59. The molecule has 102 valence electrons. The Bertz CT molecular complexity index is 732. The Labute approximate surface area is 131 Å². The molecule has 0 spiro atoms. The molecule has 2 aromatic carbocycles. The van der Waals surface area contributed by atoms with Crippen LogP contribution < -0.4 is 5.32 Å². The van der Waals surface area contributed by atoms with Gasteiger partial charge in [-0.3, -0.25) is 0 Å². The van der Waals surface area contributed by atoms with Crippen molar-refractivity contribution >= 4 is 48.3 Å². The van der Waals surface area contributed by atoms with Gasteiger partial charge in [0.15, 0.2) is 5.13 Å². The predicted octanol–water partition coefficient (Wildman–Crippen LogP) is 5.93. The number of anilines is 2. The SMILES string of the molecule is CC(C)c1ccc(Nc2nc3ccc(Br)cc3s2)cc1. The summed E-state index contributed by atoms with van der Waals surface area (Å²) >= 11 is 5.15. The van der Waals surface area contributed by atoms with Crippen molar-refractivity contribution in [2.75, 3.05) is 5.32 Å². The summed E-state index contributed by atoms with van der Waals surface area (Å²) in [6, 6.07) is 14.7. The fourth-order valence-corrected chi connectivity index (χ4v) is 3.46. The van der Waals surface area contributed by atoms with Crippen LogP contribution in [0.2, 0.25) is 0 Å². The zero-order valence-corrected chi connectivity index (χ0v) is 13.8. The zero-order chi connectivity index (χ0) is 14.1. The summed E-state index contributed by atoms with van der Waals surface area (Å²) in [5.74, 6) is 0.559. The molecular weight excluding hydrogens is 332 g/mol. The first-order chi connectivity index (χ1) is 9.61. The molecule has 3 aromatic rings. The molecule has 0 radical (unpaired) electrons. The Balaban J connectivity index is 1.85. The number of rotatable bonds is 3. The number of nitrogens with zero attached hydrogens (tertiary/aromatic N) is 1. The predicted molar refractivity (Wildman–Crippen MR) is 91.1 cm³/mol. The van der Waals surface area contributed by atoms with Gasteiger partial charge in [0.1, 0.15) is 0 Å². The topological polar surface area (TPSA) is 24.9 Å². The molecule has 0 saturated carbocycles. The third kappa shape index (κ3) is 2.86. The van der Waals surface area contributed by atoms with Crippen molar-refractivity contribution in [1.29, 1.82) is 0 Å². The summed E-state index contributed by atoms with van der Waals surface area (Å²) in [6.07, 6.45) is 0. The average Bonchev–Trinajstić information content (AvgIpc) is 2.80. The Morgan fingerprint density at radius 3 is 2.55 bits per heavy atom. The lowest BCUT2D eigenvalue weighted by atomic mass is 10.0. The number of thiazole rings is 1. The summed E-state index contributed by atoms with van der Waals surface area (Å²) < 4.78 is 2.27. The highest BCUT2D eigenvalue weighted by molar-refractivity contribution is 9.10. The molecule has 0 atom stereocenters. The third-order valence-electron chi connectivity index (χ3n) is 3.18. The lowest BCUT2D eigenvalue weighted by Gasteiger charge is -2.07. The Kier molecular flexibility index (Phi) is 3.76. The number of fused-ring (bicyclic) bond motifs is 1. The monoisotopic (exact) mass is 346 g/mol. The molecule has 1 N–H and O–H groups in total. The fourth-order valence-electron chi connectivity index (χ4n) is 2.03. The fraction of sp³-hybridized carbons (Fsp3) is 0.188. The minimum absolute atomic E-state index is 0.559. The van der Waals surface area contributed by atoms with Gasteiger partial charge in [-0.1, -0.05) is 53.2 Å². The van der Waals surface area contributed by atoms with Gasteiger partial charge in [-0.05, 0) is 41.8 Å². The molecule has 1 heterocycles. The number of benzene rings is 2. The summed E-state index contributed by atoms with van der Waals surface area (Å²) in [5, 5.41) is 4.30. The molecule has 0 unspecified atom stereocenters. The summed E-state index contributed by atoms with van der Waals surface area (Å²) in [4.78, 5) is 4.59. The highest BCUT2D eigenvalue weighted by Gasteiger charge is 2.05. The molecule has 4 heteroatoms. The zero-order valence-electron chi connectivity index (χ0n) is 11.4. The van der Waals surface area contributed by atoms with E-state index in [4.69, 9.17) is 0 Å². The molecule has 1 aromatic heterocycles. The van der Waals surface area contributed by atoms with Crippen LogP contribution in [0, 0.1) is 0 Å². The van der Waals surface area contributed by atoms with Crippen LogP contribution in [-0.4, -0.2) is 4.98 Å². The van der Waals surface area contributed by atoms with E-state index in [1.54, 1.807) is 11.3 Å². The Morgan fingerprint density at radius 2 is 1.85 bits per heavy atom. The van der Waals surface area contributed by atoms with E-state index in [1.165, 1.54) is 10.3 Å². The van der Waals surface area contributed by atoms with Crippen molar-refractivity contribution in [1.82, 2.24) is 4.98 Å². The second kappa shape index (κ2) is 5.54. The van der Waals surface area contributed by atoms with Gasteiger partial charge in [-0.2, -0.15) is 0 Å². The molecule has 20 heavy (non-hydrogen) atoms. The normalized spacial score (nSPS) is 11.2. The first kappa shape index (κ1) is 13.6. The quantitative estimate of drug-likeness (QED) is 0.635. The van der Waals surface area contributed by atoms with Crippen molar-refractivity contribution in [3.05, 3.63) is 52.5 Å². The van der Waals surface area contributed by atoms with Gasteiger partial charge in [-0.25, -0.2) is 4.98 Å². The molecule has 0 aliphatic rings. The number of aromatic nitrogens is 1. The molecule has 0 bridgehead atoms. The summed E-state index contributed by atoms with van der Waals surface area (Å²) in [7, 11) is 0. The minimum Gasteiger partial charge on any atom is -0.332 e. The van der Waals surface area contributed by atoms with Crippen LogP contribution in [0.15, 0.2) is 46.9 Å². The largest absolute Gasteiger partial charge is 0.332 e. The van der Waals surface area contributed by atoms with Gasteiger partial charge in [0.05, 0.1) is 10.2 Å². The van der Waals surface area contributed by atoms with Gasteiger partial charge >= 0.3 is 0 Å². The van der Waals surface area contributed by atoms with Crippen molar-refractivity contribution < 1.29 is 0 Å². The van der Waals surface area contributed by atoms with E-state index >= 15 is 0 Å². The van der Waals surface area contributed by atoms with Crippen LogP contribution in [0.25, 0.3) is 10.2 Å². The number of halogens is 1. The second-order valence-corrected chi connectivity index (χ2v) is 6.98. The Morgan fingerprint density at radius 1 is 1.10 bits per heavy atom. The van der Waals surface area contributed by atoms with Crippen LogP contribution in [-0.2, 0) is 0 Å². The summed E-state index contributed by atoms with van der Waals surface area (Å²) in [6.45, 7) is 4.40. The van der Waals surface area contributed by atoms with Crippen LogP contribution in [0.1, 0.15) is 25.3 Å². The van der Waals surface area contributed by atoms with E-state index in [1.807, 2.05) is 12.1 Å². The lowest BCUT2D eigenvalue weighted by molar-refractivity contribution is 0.867. The molecule has 2 nitrogen and oxygen atoms in total. The van der Waals surface area contributed by atoms with Crippen LogP contribution in [0.3, 0.4) is 0 Å². The standard InChI is InChI=1S/C16H15BrN2S/c1-10(2)11-3-6-13(7-4-11)18-16-19-14-8-5-12(17)9-15(14)20-16/h3-10H,1-2H3,(H,18,19). The molecule has 0 saturated heterocycles. The third-order valence-corrected chi connectivity index (χ3v) is 4.61.